The van der Waals surface area contributed by atoms with Crippen LogP contribution >= 0.6 is 11.6 Å². The molecule has 3 aromatic rings. The summed E-state index contributed by atoms with van der Waals surface area (Å²) in [6.45, 7) is 7.76. The minimum Gasteiger partial charge on any atom is -0.348 e. The van der Waals surface area contributed by atoms with Gasteiger partial charge >= 0.3 is 0 Å². The third kappa shape index (κ3) is 7.94. The van der Waals surface area contributed by atoms with Crippen molar-refractivity contribution in [3.05, 3.63) is 118 Å². The highest BCUT2D eigenvalue weighted by atomic mass is 35.5. The van der Waals surface area contributed by atoms with Gasteiger partial charge in [-0.1, -0.05) is 90.0 Å². The summed E-state index contributed by atoms with van der Waals surface area (Å²) in [7, 11) is 0. The van der Waals surface area contributed by atoms with Gasteiger partial charge in [0.1, 0.15) is 6.04 Å². The van der Waals surface area contributed by atoms with Crippen molar-refractivity contribution in [1.82, 2.24) is 20.4 Å². The maximum Gasteiger partial charge on any atom is 0.244 e. The Kier molecular flexibility index (Phi) is 10.7. The quantitative estimate of drug-likeness (QED) is 0.293. The maximum atomic E-state index is 13.6. The molecular weight excluding hydrogens is 556 g/mol. The molecular formula is C36H43ClN4O2. The summed E-state index contributed by atoms with van der Waals surface area (Å²) in [4.78, 5) is 31.4. The molecule has 0 aliphatic carbocycles. The molecule has 1 saturated heterocycles. The predicted octanol–water partition coefficient (Wildman–Crippen LogP) is 5.71. The van der Waals surface area contributed by atoms with Crippen LogP contribution in [0.1, 0.15) is 55.0 Å². The standard InChI is InChI=1S/C36H43ClN4O2/c1-3-40(4-2)36(43)34(28-10-6-5-7-11-28)41-20-18-27(19-21-41)23-32(22-26-14-16-31(37)17-15-26)39-35(42)33-24-29-12-8-9-13-30(29)25-38-33/h5-17,23,32-34,38H,3-4,18-22,24-25H2,1-2H3,(H,39,42)/t32-,33+,34?/m0/s1. The van der Waals surface area contributed by atoms with Crippen LogP contribution in [0.15, 0.2) is 90.5 Å². The highest BCUT2D eigenvalue weighted by Gasteiger charge is 2.32. The van der Waals surface area contributed by atoms with E-state index in [0.717, 1.165) is 37.1 Å². The zero-order valence-corrected chi connectivity index (χ0v) is 26.0. The molecule has 3 atom stereocenters. The van der Waals surface area contributed by atoms with Gasteiger partial charge in [0.2, 0.25) is 11.8 Å². The molecule has 0 aromatic heterocycles. The Morgan fingerprint density at radius 3 is 2.28 bits per heavy atom. The van der Waals surface area contributed by atoms with Crippen LogP contribution in [-0.2, 0) is 29.0 Å². The van der Waals surface area contributed by atoms with Gasteiger partial charge in [0.25, 0.3) is 0 Å². The van der Waals surface area contributed by atoms with E-state index in [1.807, 2.05) is 73.3 Å². The van der Waals surface area contributed by atoms with Gasteiger partial charge in [-0.2, -0.15) is 0 Å². The van der Waals surface area contributed by atoms with Crippen molar-refractivity contribution in [1.29, 1.82) is 0 Å². The van der Waals surface area contributed by atoms with E-state index in [1.54, 1.807) is 0 Å². The summed E-state index contributed by atoms with van der Waals surface area (Å²) < 4.78 is 0. The highest BCUT2D eigenvalue weighted by Crippen LogP contribution is 2.29. The number of rotatable bonds is 10. The Bertz CT molecular complexity index is 1390. The second-order valence-electron chi connectivity index (χ2n) is 11.5. The molecule has 0 spiro atoms. The third-order valence-corrected chi connectivity index (χ3v) is 9.01. The first-order valence-electron chi connectivity index (χ1n) is 15.6. The summed E-state index contributed by atoms with van der Waals surface area (Å²) >= 11 is 6.15. The molecule has 2 aliphatic rings. The van der Waals surface area contributed by atoms with Gasteiger partial charge in [-0.15, -0.1) is 0 Å². The Labute approximate surface area is 261 Å². The molecule has 43 heavy (non-hydrogen) atoms. The van der Waals surface area contributed by atoms with E-state index < -0.39 is 0 Å². The van der Waals surface area contributed by atoms with E-state index in [4.69, 9.17) is 11.6 Å². The molecule has 2 amide bonds. The minimum atomic E-state index is -0.285. The van der Waals surface area contributed by atoms with Crippen LogP contribution in [0.25, 0.3) is 0 Å². The second-order valence-corrected chi connectivity index (χ2v) is 12.0. The van der Waals surface area contributed by atoms with E-state index in [1.165, 1.54) is 16.7 Å². The van der Waals surface area contributed by atoms with E-state index in [9.17, 15) is 9.59 Å². The number of likely N-dealkylation sites (N-methyl/N-ethyl adjacent to an activating group) is 1. The number of hydrogen-bond donors (Lipinski definition) is 2. The molecule has 226 valence electrons. The van der Waals surface area contributed by atoms with Gasteiger partial charge in [-0.3, -0.25) is 14.5 Å². The smallest absolute Gasteiger partial charge is 0.244 e. The highest BCUT2D eigenvalue weighted by molar-refractivity contribution is 6.30. The van der Waals surface area contributed by atoms with Crippen LogP contribution in [0.5, 0.6) is 0 Å². The van der Waals surface area contributed by atoms with Crippen molar-refractivity contribution in [2.75, 3.05) is 26.2 Å². The Morgan fingerprint density at radius 1 is 0.953 bits per heavy atom. The molecule has 0 radical (unpaired) electrons. The third-order valence-electron chi connectivity index (χ3n) is 8.76. The van der Waals surface area contributed by atoms with Crippen LogP contribution in [0.2, 0.25) is 5.02 Å². The number of likely N-dealkylation sites (tertiary alicyclic amines) is 1. The molecule has 7 heteroatoms. The Balaban J connectivity index is 1.30. The molecule has 3 aromatic carbocycles. The number of fused-ring (bicyclic) bond motifs is 1. The number of nitrogens with zero attached hydrogens (tertiary/aromatic N) is 2. The van der Waals surface area contributed by atoms with E-state index in [2.05, 4.69) is 45.9 Å². The van der Waals surface area contributed by atoms with Crippen molar-refractivity contribution in [2.45, 2.75) is 64.2 Å². The fraction of sp³-hybridized carbons (Fsp3) is 0.389. The number of piperidine rings is 1. The predicted molar refractivity (Wildman–Crippen MR) is 174 cm³/mol. The van der Waals surface area contributed by atoms with Crippen LogP contribution in [0, 0.1) is 0 Å². The lowest BCUT2D eigenvalue weighted by Crippen LogP contribution is -2.50. The number of benzene rings is 3. The SMILES string of the molecule is CCN(CC)C(=O)C(c1ccccc1)N1CCC(=C[C@H](Cc2ccc(Cl)cc2)NC(=O)[C@H]2Cc3ccccc3CN2)CC1. The molecule has 2 heterocycles. The van der Waals surface area contributed by atoms with Gasteiger partial charge in [-0.05, 0) is 73.9 Å². The first-order chi connectivity index (χ1) is 20.9. The number of halogens is 1. The zero-order valence-electron chi connectivity index (χ0n) is 25.3. The largest absolute Gasteiger partial charge is 0.348 e. The zero-order chi connectivity index (χ0) is 30.2. The van der Waals surface area contributed by atoms with Crippen molar-refractivity contribution in [3.8, 4) is 0 Å². The lowest BCUT2D eigenvalue weighted by molar-refractivity contribution is -0.137. The number of hydrogen-bond acceptors (Lipinski definition) is 4. The van der Waals surface area contributed by atoms with Crippen LogP contribution in [-0.4, -0.2) is 59.9 Å². The average Bonchev–Trinajstić information content (AvgIpc) is 3.04. The van der Waals surface area contributed by atoms with Crippen LogP contribution in [0.3, 0.4) is 0 Å². The topological polar surface area (TPSA) is 64.7 Å². The lowest BCUT2D eigenvalue weighted by atomic mass is 9.94. The fourth-order valence-corrected chi connectivity index (χ4v) is 6.45. The summed E-state index contributed by atoms with van der Waals surface area (Å²) in [5.74, 6) is 0.190. The summed E-state index contributed by atoms with van der Waals surface area (Å²) in [5.41, 5.74) is 5.97. The minimum absolute atomic E-state index is 0.0247. The van der Waals surface area contributed by atoms with E-state index in [-0.39, 0.29) is 29.9 Å². The van der Waals surface area contributed by atoms with Crippen molar-refractivity contribution in [3.63, 3.8) is 0 Å². The summed E-state index contributed by atoms with van der Waals surface area (Å²) in [6, 6.07) is 25.6. The van der Waals surface area contributed by atoms with Crippen LogP contribution in [0.4, 0.5) is 0 Å². The first kappa shape index (κ1) is 31.0. The van der Waals surface area contributed by atoms with Gasteiger partial charge in [0.15, 0.2) is 0 Å². The number of amides is 2. The molecule has 1 unspecified atom stereocenters. The lowest BCUT2D eigenvalue weighted by Gasteiger charge is -2.37. The molecule has 0 bridgehead atoms. The second kappa shape index (κ2) is 14.8. The van der Waals surface area contributed by atoms with Crippen molar-refractivity contribution < 1.29 is 9.59 Å². The molecule has 2 aliphatic heterocycles. The van der Waals surface area contributed by atoms with Gasteiger partial charge in [0.05, 0.1) is 12.1 Å². The van der Waals surface area contributed by atoms with Crippen molar-refractivity contribution >= 4 is 23.4 Å². The van der Waals surface area contributed by atoms with E-state index >= 15 is 0 Å². The fourth-order valence-electron chi connectivity index (χ4n) is 6.32. The monoisotopic (exact) mass is 598 g/mol. The Hall–Kier alpha value is -3.45. The number of carbonyl (C=O) groups excluding carboxylic acids is 2. The van der Waals surface area contributed by atoms with Gasteiger partial charge in [-0.25, -0.2) is 0 Å². The summed E-state index contributed by atoms with van der Waals surface area (Å²) in [5, 5.41) is 7.48. The van der Waals surface area contributed by atoms with Crippen LogP contribution < -0.4 is 10.6 Å². The van der Waals surface area contributed by atoms with Gasteiger partial charge in [0, 0.05) is 37.7 Å². The maximum absolute atomic E-state index is 13.6. The normalized spacial score (nSPS) is 18.3. The molecule has 6 nitrogen and oxygen atoms in total. The summed E-state index contributed by atoms with van der Waals surface area (Å²) in [6.07, 6.45) is 5.34. The van der Waals surface area contributed by atoms with Gasteiger partial charge < -0.3 is 15.5 Å². The molecule has 5 rings (SSSR count). The first-order valence-corrected chi connectivity index (χ1v) is 15.9. The number of nitrogens with one attached hydrogen (secondary N) is 2. The Morgan fingerprint density at radius 2 is 1.60 bits per heavy atom. The van der Waals surface area contributed by atoms with Crippen molar-refractivity contribution in [2.24, 2.45) is 0 Å². The molecule has 0 saturated carbocycles. The average molecular weight is 599 g/mol. The molecule has 1 fully saturated rings. The van der Waals surface area contributed by atoms with E-state index in [0.29, 0.717) is 37.5 Å². The molecule has 2 N–H and O–H groups in total. The number of carbonyl (C=O) groups is 2.